The van der Waals surface area contributed by atoms with E-state index < -0.39 is 23.5 Å². The lowest BCUT2D eigenvalue weighted by Crippen LogP contribution is -3.06. The second kappa shape index (κ2) is 8.68. The van der Waals surface area contributed by atoms with Gasteiger partial charge in [0.05, 0.1) is 45.4 Å². The summed E-state index contributed by atoms with van der Waals surface area (Å²) in [5.41, 5.74) is 0.924. The molecule has 0 radical (unpaired) electrons. The van der Waals surface area contributed by atoms with E-state index in [0.717, 1.165) is 10.5 Å². The van der Waals surface area contributed by atoms with Crippen LogP contribution in [0.1, 0.15) is 17.2 Å². The number of carbonyl (C=O) groups excluding carboxylic acids is 2. The van der Waals surface area contributed by atoms with Gasteiger partial charge in [0, 0.05) is 5.57 Å². The summed E-state index contributed by atoms with van der Waals surface area (Å²) in [6, 6.07) is 13.0. The second-order valence-corrected chi connectivity index (χ2v) is 7.60. The molecule has 0 bridgehead atoms. The van der Waals surface area contributed by atoms with Crippen LogP contribution in [-0.2, 0) is 9.59 Å². The highest BCUT2D eigenvalue weighted by Crippen LogP contribution is 2.39. The molecule has 0 spiro atoms. The SMILES string of the molecule is COc1ccc(C([O-])=C2C(=O)C(=O)N(CC[NH+](C)C)C2c2ccccc2)cc1Cl. The van der Waals surface area contributed by atoms with Gasteiger partial charge in [-0.2, -0.15) is 0 Å². The third-order valence-corrected chi connectivity index (χ3v) is 5.21. The van der Waals surface area contributed by atoms with Gasteiger partial charge in [-0.15, -0.1) is 0 Å². The molecule has 1 N–H and O–H groups in total. The molecule has 1 amide bonds. The number of likely N-dealkylation sites (tertiary alicyclic amines) is 1. The van der Waals surface area contributed by atoms with E-state index in [0.29, 0.717) is 18.8 Å². The number of likely N-dealkylation sites (N-methyl/N-ethyl adjacent to an activating group) is 1. The Morgan fingerprint density at radius 3 is 2.45 bits per heavy atom. The highest BCUT2D eigenvalue weighted by molar-refractivity contribution is 6.46. The molecule has 29 heavy (non-hydrogen) atoms. The van der Waals surface area contributed by atoms with Crippen LogP contribution in [0.3, 0.4) is 0 Å². The number of amides is 1. The molecule has 3 rings (SSSR count). The van der Waals surface area contributed by atoms with Crippen LogP contribution in [-0.4, -0.2) is 50.9 Å². The Hall–Kier alpha value is -2.83. The normalized spacial score (nSPS) is 18.5. The maximum atomic E-state index is 13.3. The lowest BCUT2D eigenvalue weighted by Gasteiger charge is -2.27. The quantitative estimate of drug-likeness (QED) is 0.429. The van der Waals surface area contributed by atoms with Crippen molar-refractivity contribution in [3.05, 3.63) is 70.3 Å². The van der Waals surface area contributed by atoms with Crippen LogP contribution in [0.4, 0.5) is 0 Å². The zero-order chi connectivity index (χ0) is 21.1. The van der Waals surface area contributed by atoms with Crippen molar-refractivity contribution in [3.8, 4) is 5.75 Å². The number of Topliss-reactive ketones (excluding diaryl/α,β-unsaturated/α-hetero) is 1. The number of nitrogens with zero attached hydrogens (tertiary/aromatic N) is 1. The predicted octanol–water partition coefficient (Wildman–Crippen LogP) is 0.717. The smallest absolute Gasteiger partial charge is 0.295 e. The Morgan fingerprint density at radius 1 is 1.17 bits per heavy atom. The number of hydrogen-bond acceptors (Lipinski definition) is 4. The average Bonchev–Trinajstić information content (AvgIpc) is 2.97. The van der Waals surface area contributed by atoms with Crippen LogP contribution in [0.15, 0.2) is 54.1 Å². The molecule has 152 valence electrons. The fraction of sp³-hybridized carbons (Fsp3) is 0.273. The topological polar surface area (TPSA) is 74.1 Å². The molecular formula is C22H23ClN2O4. The molecule has 7 heteroatoms. The molecule has 1 unspecified atom stereocenters. The number of ether oxygens (including phenoxy) is 1. The molecule has 1 saturated heterocycles. The van der Waals surface area contributed by atoms with Gasteiger partial charge in [-0.25, -0.2) is 0 Å². The summed E-state index contributed by atoms with van der Waals surface area (Å²) in [5, 5.41) is 13.5. The van der Waals surface area contributed by atoms with E-state index in [1.165, 1.54) is 18.1 Å². The number of hydrogen-bond donors (Lipinski definition) is 1. The fourth-order valence-corrected chi connectivity index (χ4v) is 3.65. The summed E-state index contributed by atoms with van der Waals surface area (Å²) >= 11 is 6.16. The van der Waals surface area contributed by atoms with E-state index >= 15 is 0 Å². The first-order valence-electron chi connectivity index (χ1n) is 9.29. The van der Waals surface area contributed by atoms with Crippen molar-refractivity contribution >= 4 is 29.1 Å². The monoisotopic (exact) mass is 414 g/mol. The molecule has 1 aliphatic heterocycles. The lowest BCUT2D eigenvalue weighted by molar-refractivity contribution is -0.857. The third-order valence-electron chi connectivity index (χ3n) is 4.91. The van der Waals surface area contributed by atoms with Crippen LogP contribution >= 0.6 is 11.6 Å². The first-order chi connectivity index (χ1) is 13.8. The average molecular weight is 415 g/mol. The summed E-state index contributed by atoms with van der Waals surface area (Å²) in [6.45, 7) is 1.02. The maximum absolute atomic E-state index is 13.3. The van der Waals surface area contributed by atoms with Crippen LogP contribution in [0.2, 0.25) is 5.02 Å². The summed E-state index contributed by atoms with van der Waals surface area (Å²) in [6.07, 6.45) is 0. The molecule has 0 saturated carbocycles. The minimum absolute atomic E-state index is 0.0452. The number of halogens is 1. The summed E-state index contributed by atoms with van der Waals surface area (Å²) in [7, 11) is 5.41. The minimum atomic E-state index is -0.760. The van der Waals surface area contributed by atoms with Gasteiger partial charge in [0.15, 0.2) is 0 Å². The Labute approximate surface area is 174 Å². The summed E-state index contributed by atoms with van der Waals surface area (Å²) in [5.74, 6) is -1.48. The van der Waals surface area contributed by atoms with Crippen molar-refractivity contribution in [2.45, 2.75) is 6.04 Å². The van der Waals surface area contributed by atoms with E-state index in [2.05, 4.69) is 0 Å². The van der Waals surface area contributed by atoms with Gasteiger partial charge in [-0.3, -0.25) is 9.59 Å². The van der Waals surface area contributed by atoms with E-state index in [4.69, 9.17) is 16.3 Å². The molecule has 0 aromatic heterocycles. The molecule has 2 aromatic rings. The Morgan fingerprint density at radius 2 is 1.86 bits per heavy atom. The minimum Gasteiger partial charge on any atom is -0.872 e. The zero-order valence-corrected chi connectivity index (χ0v) is 17.3. The third kappa shape index (κ3) is 4.13. The van der Waals surface area contributed by atoms with Crippen LogP contribution in [0.5, 0.6) is 5.75 Å². The van der Waals surface area contributed by atoms with Crippen LogP contribution in [0.25, 0.3) is 5.76 Å². The number of quaternary nitrogens is 1. The van der Waals surface area contributed by atoms with Crippen LogP contribution < -0.4 is 14.7 Å². The highest BCUT2D eigenvalue weighted by Gasteiger charge is 2.44. The molecule has 2 aromatic carbocycles. The molecular weight excluding hydrogens is 392 g/mol. The van der Waals surface area contributed by atoms with Gasteiger partial charge in [-0.1, -0.05) is 53.8 Å². The lowest BCUT2D eigenvalue weighted by atomic mass is 9.95. The predicted molar refractivity (Wildman–Crippen MR) is 109 cm³/mol. The number of nitrogens with one attached hydrogen (secondary N) is 1. The summed E-state index contributed by atoms with van der Waals surface area (Å²) < 4.78 is 5.12. The van der Waals surface area contributed by atoms with Crippen molar-refractivity contribution in [2.24, 2.45) is 0 Å². The van der Waals surface area contributed by atoms with Gasteiger partial charge < -0.3 is 19.6 Å². The number of methoxy groups -OCH3 is 1. The van der Waals surface area contributed by atoms with Gasteiger partial charge in [0.1, 0.15) is 5.75 Å². The second-order valence-electron chi connectivity index (χ2n) is 7.19. The standard InChI is InChI=1S/C22H23ClN2O4/c1-24(2)11-12-25-19(14-7-5-4-6-8-14)18(21(27)22(25)28)20(26)15-9-10-17(29-3)16(23)13-15/h4-10,13,19,26H,11-12H2,1-3H3. The van der Waals surface area contributed by atoms with Crippen molar-refractivity contribution in [2.75, 3.05) is 34.3 Å². The van der Waals surface area contributed by atoms with E-state index in [9.17, 15) is 14.7 Å². The molecule has 1 heterocycles. The summed E-state index contributed by atoms with van der Waals surface area (Å²) in [4.78, 5) is 28.2. The van der Waals surface area contributed by atoms with Crippen molar-refractivity contribution in [3.63, 3.8) is 0 Å². The van der Waals surface area contributed by atoms with Crippen molar-refractivity contribution in [1.29, 1.82) is 0 Å². The zero-order valence-electron chi connectivity index (χ0n) is 16.6. The number of benzene rings is 2. The van der Waals surface area contributed by atoms with Crippen molar-refractivity contribution < 1.29 is 24.3 Å². The Bertz CT molecular complexity index is 957. The highest BCUT2D eigenvalue weighted by atomic mass is 35.5. The van der Waals surface area contributed by atoms with E-state index in [-0.39, 0.29) is 16.2 Å². The Balaban J connectivity index is 2.13. The van der Waals surface area contributed by atoms with E-state index in [1.54, 1.807) is 12.1 Å². The van der Waals surface area contributed by atoms with Gasteiger partial charge in [0.25, 0.3) is 5.91 Å². The number of rotatable bonds is 6. The first kappa shape index (κ1) is 20.9. The van der Waals surface area contributed by atoms with Crippen LogP contribution in [0, 0.1) is 0 Å². The van der Waals surface area contributed by atoms with Gasteiger partial charge >= 0.3 is 0 Å². The van der Waals surface area contributed by atoms with Gasteiger partial charge in [-0.05, 0) is 23.3 Å². The fourth-order valence-electron chi connectivity index (χ4n) is 3.39. The Kier molecular flexibility index (Phi) is 6.25. The van der Waals surface area contributed by atoms with E-state index in [1.807, 2.05) is 44.4 Å². The van der Waals surface area contributed by atoms with Crippen molar-refractivity contribution in [1.82, 2.24) is 4.90 Å². The molecule has 1 atom stereocenters. The molecule has 1 aliphatic rings. The number of ketones is 1. The maximum Gasteiger partial charge on any atom is 0.295 e. The molecule has 0 aliphatic carbocycles. The van der Waals surface area contributed by atoms with Gasteiger partial charge in [0.2, 0.25) is 5.78 Å². The first-order valence-corrected chi connectivity index (χ1v) is 9.67. The molecule has 1 fully saturated rings. The number of carbonyl (C=O) groups is 2. The largest absolute Gasteiger partial charge is 0.872 e. The molecule has 6 nitrogen and oxygen atoms in total.